The zero-order valence-corrected chi connectivity index (χ0v) is 10.7. The number of aromatic hydroxyl groups is 1. The topological polar surface area (TPSA) is 85.0 Å². The molecular formula is C14H12N2O4. The molecule has 102 valence electrons. The van der Waals surface area contributed by atoms with Crippen LogP contribution >= 0.6 is 0 Å². The number of methoxy groups -OCH3 is 1. The molecule has 2 aromatic carbocycles. The highest BCUT2D eigenvalue weighted by atomic mass is 16.6. The van der Waals surface area contributed by atoms with Gasteiger partial charge in [0.25, 0.3) is 5.69 Å². The van der Waals surface area contributed by atoms with Crippen molar-refractivity contribution in [1.82, 2.24) is 0 Å². The highest BCUT2D eigenvalue weighted by Crippen LogP contribution is 2.26. The molecule has 0 aromatic heterocycles. The monoisotopic (exact) mass is 272 g/mol. The van der Waals surface area contributed by atoms with Gasteiger partial charge in [-0.25, -0.2) is 0 Å². The van der Waals surface area contributed by atoms with Gasteiger partial charge in [-0.05, 0) is 18.2 Å². The minimum atomic E-state index is -0.487. The van der Waals surface area contributed by atoms with Gasteiger partial charge in [-0.3, -0.25) is 15.1 Å². The molecule has 1 N–H and O–H groups in total. The van der Waals surface area contributed by atoms with E-state index >= 15 is 0 Å². The Hall–Kier alpha value is -2.89. The van der Waals surface area contributed by atoms with E-state index < -0.39 is 4.92 Å². The van der Waals surface area contributed by atoms with Gasteiger partial charge >= 0.3 is 0 Å². The normalized spacial score (nSPS) is 10.7. The summed E-state index contributed by atoms with van der Waals surface area (Å²) in [5.41, 5.74) is 0.801. The maximum absolute atomic E-state index is 10.7. The van der Waals surface area contributed by atoms with Crippen molar-refractivity contribution >= 4 is 17.6 Å². The van der Waals surface area contributed by atoms with Crippen LogP contribution in [0, 0.1) is 10.1 Å². The molecule has 0 radical (unpaired) electrons. The van der Waals surface area contributed by atoms with Crippen LogP contribution in [0.5, 0.6) is 11.5 Å². The Morgan fingerprint density at radius 3 is 2.75 bits per heavy atom. The van der Waals surface area contributed by atoms with Crippen LogP contribution in [0.25, 0.3) is 0 Å². The number of nitrogens with zero attached hydrogens (tertiary/aromatic N) is 2. The maximum atomic E-state index is 10.7. The van der Waals surface area contributed by atoms with Crippen molar-refractivity contribution in [3.63, 3.8) is 0 Å². The summed E-state index contributed by atoms with van der Waals surface area (Å²) in [5.74, 6) is 0.498. The second kappa shape index (κ2) is 5.83. The molecule has 20 heavy (non-hydrogen) atoms. The third kappa shape index (κ3) is 2.92. The lowest BCUT2D eigenvalue weighted by molar-refractivity contribution is -0.384. The van der Waals surface area contributed by atoms with Gasteiger partial charge in [0.05, 0.1) is 23.3 Å². The number of nitro benzene ring substituents is 1. The lowest BCUT2D eigenvalue weighted by atomic mass is 10.2. The van der Waals surface area contributed by atoms with Gasteiger partial charge in [0.15, 0.2) is 0 Å². The van der Waals surface area contributed by atoms with Gasteiger partial charge in [0.2, 0.25) is 0 Å². The zero-order valence-electron chi connectivity index (χ0n) is 10.7. The molecule has 0 aliphatic rings. The number of benzene rings is 2. The van der Waals surface area contributed by atoms with Crippen LogP contribution in [0.15, 0.2) is 47.5 Å². The number of phenols is 1. The number of aliphatic imine (C=N–C) groups is 1. The molecule has 6 heteroatoms. The fourth-order valence-electron chi connectivity index (χ4n) is 1.67. The molecule has 6 nitrogen and oxygen atoms in total. The summed E-state index contributed by atoms with van der Waals surface area (Å²) in [4.78, 5) is 14.3. The minimum absolute atomic E-state index is 0.0264. The van der Waals surface area contributed by atoms with E-state index in [0.717, 1.165) is 0 Å². The first-order chi connectivity index (χ1) is 9.61. The number of phenolic OH excluding ortho intramolecular Hbond substituents is 1. The highest BCUT2D eigenvalue weighted by Gasteiger charge is 2.07. The van der Waals surface area contributed by atoms with E-state index in [4.69, 9.17) is 4.74 Å². The van der Waals surface area contributed by atoms with Crippen LogP contribution < -0.4 is 4.74 Å². The molecule has 0 spiro atoms. The number of hydrogen-bond acceptors (Lipinski definition) is 5. The van der Waals surface area contributed by atoms with Crippen molar-refractivity contribution < 1.29 is 14.8 Å². The van der Waals surface area contributed by atoms with Crippen LogP contribution in [0.3, 0.4) is 0 Å². The van der Waals surface area contributed by atoms with Crippen LogP contribution in [-0.2, 0) is 0 Å². The smallest absolute Gasteiger partial charge is 0.271 e. The first kappa shape index (κ1) is 13.5. The van der Waals surface area contributed by atoms with Crippen LogP contribution in [0.4, 0.5) is 11.4 Å². The standard InChI is InChI=1S/C14H12N2O4/c1-20-14-7-3-6-13(17)12(14)9-15-10-4-2-5-11(8-10)16(18)19/h2-9,17H,1H3. The Bertz CT molecular complexity index is 668. The highest BCUT2D eigenvalue weighted by molar-refractivity contribution is 5.88. The quantitative estimate of drug-likeness (QED) is 0.526. The van der Waals surface area contributed by atoms with Crippen LogP contribution in [0.2, 0.25) is 0 Å². The van der Waals surface area contributed by atoms with E-state index in [-0.39, 0.29) is 11.4 Å². The molecule has 2 aromatic rings. The predicted octanol–water partition coefficient (Wildman–Crippen LogP) is 3.06. The summed E-state index contributed by atoms with van der Waals surface area (Å²) in [6, 6.07) is 10.8. The molecule has 0 bridgehead atoms. The number of nitro groups is 1. The average Bonchev–Trinajstić information content (AvgIpc) is 2.46. The number of ether oxygens (including phenoxy) is 1. The Morgan fingerprint density at radius 2 is 2.05 bits per heavy atom. The lowest BCUT2D eigenvalue weighted by Crippen LogP contribution is -1.91. The lowest BCUT2D eigenvalue weighted by Gasteiger charge is -2.05. The first-order valence-electron chi connectivity index (χ1n) is 5.76. The van der Waals surface area contributed by atoms with Gasteiger partial charge in [0.1, 0.15) is 11.5 Å². The predicted molar refractivity (Wildman–Crippen MR) is 75.0 cm³/mol. The molecule has 0 unspecified atom stereocenters. The molecule has 0 heterocycles. The summed E-state index contributed by atoms with van der Waals surface area (Å²) < 4.78 is 5.12. The van der Waals surface area contributed by atoms with E-state index in [9.17, 15) is 15.2 Å². The second-order valence-electron chi connectivity index (χ2n) is 3.93. The Morgan fingerprint density at radius 1 is 1.30 bits per heavy atom. The summed E-state index contributed by atoms with van der Waals surface area (Å²) in [6.07, 6.45) is 1.41. The van der Waals surface area contributed by atoms with Gasteiger partial charge in [0, 0.05) is 18.3 Å². The molecular weight excluding hydrogens is 260 g/mol. The summed E-state index contributed by atoms with van der Waals surface area (Å²) >= 11 is 0. The second-order valence-corrected chi connectivity index (χ2v) is 3.93. The third-order valence-corrected chi connectivity index (χ3v) is 2.65. The van der Waals surface area contributed by atoms with Gasteiger partial charge in [-0.15, -0.1) is 0 Å². The maximum Gasteiger partial charge on any atom is 0.271 e. The van der Waals surface area contributed by atoms with Crippen LogP contribution in [-0.4, -0.2) is 23.4 Å². The van der Waals surface area contributed by atoms with Gasteiger partial charge < -0.3 is 9.84 Å². The molecule has 0 saturated carbocycles. The van der Waals surface area contributed by atoms with Crippen molar-refractivity contribution in [3.8, 4) is 11.5 Å². The summed E-state index contributed by atoms with van der Waals surface area (Å²) in [5, 5.41) is 20.4. The Labute approximate surface area is 115 Å². The van der Waals surface area contributed by atoms with Crippen molar-refractivity contribution in [2.45, 2.75) is 0 Å². The van der Waals surface area contributed by atoms with Crippen molar-refractivity contribution in [2.24, 2.45) is 4.99 Å². The van der Waals surface area contributed by atoms with Gasteiger partial charge in [-0.1, -0.05) is 12.1 Å². The van der Waals surface area contributed by atoms with E-state index in [2.05, 4.69) is 4.99 Å². The Balaban J connectivity index is 2.34. The van der Waals surface area contributed by atoms with Crippen molar-refractivity contribution in [3.05, 3.63) is 58.1 Å². The molecule has 0 aliphatic carbocycles. The largest absolute Gasteiger partial charge is 0.507 e. The van der Waals surface area contributed by atoms with Crippen LogP contribution in [0.1, 0.15) is 5.56 Å². The molecule has 0 fully saturated rings. The fourth-order valence-corrected chi connectivity index (χ4v) is 1.67. The fraction of sp³-hybridized carbons (Fsp3) is 0.0714. The molecule has 0 atom stereocenters. The zero-order chi connectivity index (χ0) is 14.5. The Kier molecular flexibility index (Phi) is 3.95. The van der Waals surface area contributed by atoms with E-state index in [0.29, 0.717) is 17.0 Å². The molecule has 0 amide bonds. The molecule has 2 rings (SSSR count). The van der Waals surface area contributed by atoms with E-state index in [1.54, 1.807) is 24.3 Å². The third-order valence-electron chi connectivity index (χ3n) is 2.65. The van der Waals surface area contributed by atoms with Crippen molar-refractivity contribution in [1.29, 1.82) is 0 Å². The first-order valence-corrected chi connectivity index (χ1v) is 5.76. The van der Waals surface area contributed by atoms with Crippen molar-refractivity contribution in [2.75, 3.05) is 7.11 Å². The summed E-state index contributed by atoms with van der Waals surface area (Å²) in [6.45, 7) is 0. The van der Waals surface area contributed by atoms with E-state index in [1.807, 2.05) is 0 Å². The van der Waals surface area contributed by atoms with E-state index in [1.165, 1.54) is 31.5 Å². The summed E-state index contributed by atoms with van der Waals surface area (Å²) in [7, 11) is 1.49. The molecule has 0 saturated heterocycles. The molecule has 0 aliphatic heterocycles. The number of hydrogen-bond donors (Lipinski definition) is 1. The van der Waals surface area contributed by atoms with Gasteiger partial charge in [-0.2, -0.15) is 0 Å². The SMILES string of the molecule is COc1cccc(O)c1C=Nc1cccc([N+](=O)[O-])c1. The average molecular weight is 272 g/mol. The minimum Gasteiger partial charge on any atom is -0.507 e. The number of rotatable bonds is 4. The number of non-ortho nitro benzene ring substituents is 1.